The van der Waals surface area contributed by atoms with Gasteiger partial charge in [-0.3, -0.25) is 4.79 Å². The van der Waals surface area contributed by atoms with Crippen molar-refractivity contribution in [3.05, 3.63) is 0 Å². The van der Waals surface area contributed by atoms with Crippen LogP contribution in [0.5, 0.6) is 0 Å². The quantitative estimate of drug-likeness (QED) is 0.361. The van der Waals surface area contributed by atoms with Crippen LogP contribution in [0.25, 0.3) is 0 Å². The minimum Gasteiger partial charge on any atom is -0.481 e. The Morgan fingerprint density at radius 2 is 1.91 bits per heavy atom. The van der Waals surface area contributed by atoms with Crippen LogP contribution in [0.4, 0.5) is 0 Å². The maximum atomic E-state index is 10.4. The average Bonchev–Trinajstić information content (AvgIpc) is 2.17. The number of rotatable bonds is 1. The summed E-state index contributed by atoms with van der Waals surface area (Å²) in [4.78, 5) is 10.4. The second-order valence-electron chi connectivity index (χ2n) is 2.83. The number of aliphatic hydroxyl groups is 2. The first-order valence-electron chi connectivity index (χ1n) is 3.38. The second-order valence-corrected chi connectivity index (χ2v) is 2.83. The fourth-order valence-electron chi connectivity index (χ4n) is 1.31. The molecule has 11 heavy (non-hydrogen) atoms. The smallest absolute Gasteiger partial charge is 0.309 e. The molecule has 0 aromatic heterocycles. The van der Waals surface area contributed by atoms with Gasteiger partial charge in [0.2, 0.25) is 0 Å². The zero-order valence-electron chi connectivity index (χ0n) is 5.84. The van der Waals surface area contributed by atoms with Crippen molar-refractivity contribution in [2.24, 2.45) is 11.7 Å². The van der Waals surface area contributed by atoms with Gasteiger partial charge in [-0.15, -0.1) is 0 Å². The van der Waals surface area contributed by atoms with Crippen LogP contribution < -0.4 is 5.73 Å². The Morgan fingerprint density at radius 1 is 1.36 bits per heavy atom. The van der Waals surface area contributed by atoms with E-state index in [1.54, 1.807) is 0 Å². The van der Waals surface area contributed by atoms with E-state index in [0.717, 1.165) is 0 Å². The number of aliphatic hydroxyl groups excluding tert-OH is 2. The molecule has 1 aliphatic carbocycles. The van der Waals surface area contributed by atoms with Crippen LogP contribution in [0.15, 0.2) is 0 Å². The first-order chi connectivity index (χ1) is 5.04. The highest BCUT2D eigenvalue weighted by Gasteiger charge is 2.43. The number of hydrogen-bond acceptors (Lipinski definition) is 4. The third-order valence-corrected chi connectivity index (χ3v) is 2.04. The van der Waals surface area contributed by atoms with Crippen LogP contribution in [-0.2, 0) is 4.79 Å². The first kappa shape index (κ1) is 8.45. The Bertz CT molecular complexity index is 172. The molecule has 1 fully saturated rings. The number of carbonyl (C=O) groups is 1. The molecule has 0 aromatic carbocycles. The van der Waals surface area contributed by atoms with Gasteiger partial charge >= 0.3 is 5.97 Å². The van der Waals surface area contributed by atoms with Crippen LogP contribution in [0, 0.1) is 5.92 Å². The molecule has 0 unspecified atom stereocenters. The van der Waals surface area contributed by atoms with Crippen molar-refractivity contribution in [3.63, 3.8) is 0 Å². The van der Waals surface area contributed by atoms with Crippen molar-refractivity contribution in [2.45, 2.75) is 24.7 Å². The van der Waals surface area contributed by atoms with Crippen LogP contribution in [-0.4, -0.2) is 39.5 Å². The van der Waals surface area contributed by atoms with E-state index >= 15 is 0 Å². The molecule has 5 heteroatoms. The van der Waals surface area contributed by atoms with Gasteiger partial charge < -0.3 is 21.1 Å². The molecule has 0 aromatic rings. The normalized spacial score (nSPS) is 44.3. The van der Waals surface area contributed by atoms with Crippen molar-refractivity contribution in [1.82, 2.24) is 0 Å². The second kappa shape index (κ2) is 2.77. The van der Waals surface area contributed by atoms with Crippen LogP contribution in [0.3, 0.4) is 0 Å². The lowest BCUT2D eigenvalue weighted by Gasteiger charge is -2.12. The lowest BCUT2D eigenvalue weighted by atomic mass is 10.1. The Balaban J connectivity index is 2.67. The van der Waals surface area contributed by atoms with Gasteiger partial charge in [0.15, 0.2) is 0 Å². The minimum absolute atomic E-state index is 0.137. The lowest BCUT2D eigenvalue weighted by molar-refractivity contribution is -0.145. The summed E-state index contributed by atoms with van der Waals surface area (Å²) in [6.45, 7) is 0. The maximum Gasteiger partial charge on any atom is 0.309 e. The number of carboxylic acid groups (broad SMARTS) is 1. The van der Waals surface area contributed by atoms with Crippen molar-refractivity contribution in [3.8, 4) is 0 Å². The summed E-state index contributed by atoms with van der Waals surface area (Å²) in [7, 11) is 0. The Labute approximate surface area is 63.4 Å². The van der Waals surface area contributed by atoms with Gasteiger partial charge in [0.1, 0.15) is 0 Å². The van der Waals surface area contributed by atoms with Crippen molar-refractivity contribution in [1.29, 1.82) is 0 Å². The van der Waals surface area contributed by atoms with Crippen molar-refractivity contribution < 1.29 is 20.1 Å². The average molecular weight is 161 g/mol. The molecule has 64 valence electrons. The van der Waals surface area contributed by atoms with Crippen LogP contribution in [0.2, 0.25) is 0 Å². The number of carboxylic acids is 1. The zero-order chi connectivity index (χ0) is 8.59. The van der Waals surface area contributed by atoms with Gasteiger partial charge in [-0.1, -0.05) is 0 Å². The lowest BCUT2D eigenvalue weighted by Crippen LogP contribution is -2.36. The summed E-state index contributed by atoms with van der Waals surface area (Å²) >= 11 is 0. The fraction of sp³-hybridized carbons (Fsp3) is 0.833. The molecular weight excluding hydrogens is 150 g/mol. The van der Waals surface area contributed by atoms with E-state index in [4.69, 9.17) is 21.1 Å². The summed E-state index contributed by atoms with van der Waals surface area (Å²) in [6.07, 6.45) is -2.18. The van der Waals surface area contributed by atoms with Gasteiger partial charge in [-0.05, 0) is 6.42 Å². The minimum atomic E-state index is -1.22. The van der Waals surface area contributed by atoms with Crippen LogP contribution in [0.1, 0.15) is 6.42 Å². The predicted octanol–water partition coefficient (Wildman–Crippen LogP) is -1.86. The van der Waals surface area contributed by atoms with Gasteiger partial charge in [-0.2, -0.15) is 0 Å². The third-order valence-electron chi connectivity index (χ3n) is 2.04. The van der Waals surface area contributed by atoms with E-state index in [-0.39, 0.29) is 6.42 Å². The molecule has 1 aliphatic rings. The van der Waals surface area contributed by atoms with E-state index in [2.05, 4.69) is 0 Å². The molecule has 0 spiro atoms. The number of hydrogen-bond donors (Lipinski definition) is 4. The zero-order valence-corrected chi connectivity index (χ0v) is 5.84. The van der Waals surface area contributed by atoms with Gasteiger partial charge in [0, 0.05) is 6.04 Å². The van der Waals surface area contributed by atoms with Crippen molar-refractivity contribution >= 4 is 5.97 Å². The molecular formula is C6H11NO4. The monoisotopic (exact) mass is 161 g/mol. The summed E-state index contributed by atoms with van der Waals surface area (Å²) in [5.74, 6) is -2.02. The molecule has 5 N–H and O–H groups in total. The van der Waals surface area contributed by atoms with E-state index in [0.29, 0.717) is 0 Å². The first-order valence-corrected chi connectivity index (χ1v) is 3.38. The molecule has 1 saturated carbocycles. The third kappa shape index (κ3) is 1.35. The van der Waals surface area contributed by atoms with Crippen LogP contribution >= 0.6 is 0 Å². The van der Waals surface area contributed by atoms with Gasteiger partial charge in [0.05, 0.1) is 18.1 Å². The largest absolute Gasteiger partial charge is 0.481 e. The highest BCUT2D eigenvalue weighted by atomic mass is 16.4. The van der Waals surface area contributed by atoms with E-state index in [1.807, 2.05) is 0 Å². The molecule has 0 amide bonds. The molecule has 4 atom stereocenters. The molecule has 5 nitrogen and oxygen atoms in total. The molecule has 0 radical (unpaired) electrons. The number of nitrogens with two attached hydrogens (primary N) is 1. The molecule has 1 rings (SSSR count). The Kier molecular flexibility index (Phi) is 2.12. The van der Waals surface area contributed by atoms with Gasteiger partial charge in [-0.25, -0.2) is 0 Å². The SMILES string of the molecule is N[C@H]1C[C@@H](C(=O)O)[C@H](O)[C@@H]1O. The topological polar surface area (TPSA) is 104 Å². The predicted molar refractivity (Wildman–Crippen MR) is 35.7 cm³/mol. The summed E-state index contributed by atoms with van der Waals surface area (Å²) in [5.41, 5.74) is 5.32. The van der Waals surface area contributed by atoms with E-state index < -0.39 is 30.1 Å². The molecule has 0 heterocycles. The molecule has 0 bridgehead atoms. The Hall–Kier alpha value is -0.650. The molecule has 0 aliphatic heterocycles. The molecule has 0 saturated heterocycles. The highest BCUT2D eigenvalue weighted by Crippen LogP contribution is 2.25. The Morgan fingerprint density at radius 3 is 2.09 bits per heavy atom. The highest BCUT2D eigenvalue weighted by molar-refractivity contribution is 5.71. The van der Waals surface area contributed by atoms with E-state index in [9.17, 15) is 4.79 Å². The standard InChI is InChI=1S/C6H11NO4/c7-3-1-2(6(10)11)4(8)5(3)9/h2-5,8-9H,1,7H2,(H,10,11)/t2-,3+,4+,5-/m1/s1. The summed E-state index contributed by atoms with van der Waals surface area (Å²) < 4.78 is 0. The fourth-order valence-corrected chi connectivity index (χ4v) is 1.31. The summed E-state index contributed by atoms with van der Waals surface area (Å²) in [5, 5.41) is 26.6. The maximum absolute atomic E-state index is 10.4. The number of aliphatic carboxylic acids is 1. The van der Waals surface area contributed by atoms with Crippen molar-refractivity contribution in [2.75, 3.05) is 0 Å². The van der Waals surface area contributed by atoms with Gasteiger partial charge in [0.25, 0.3) is 0 Å². The summed E-state index contributed by atoms with van der Waals surface area (Å²) in [6, 6.07) is -0.619. The van der Waals surface area contributed by atoms with E-state index in [1.165, 1.54) is 0 Å².